The van der Waals surface area contributed by atoms with Crippen LogP contribution >= 0.6 is 0 Å². The van der Waals surface area contributed by atoms with E-state index in [4.69, 9.17) is 4.99 Å². The number of benzene rings is 2. The molecule has 1 aromatic heterocycles. The van der Waals surface area contributed by atoms with Gasteiger partial charge >= 0.3 is 0 Å². The molecular formula is C24H26N8. The minimum Gasteiger partial charge on any atom is -0.387 e. The molecule has 0 saturated heterocycles. The maximum Gasteiger partial charge on any atom is 0.205 e. The first-order valence-electron chi connectivity index (χ1n) is 10.8. The summed E-state index contributed by atoms with van der Waals surface area (Å²) >= 11 is 0. The monoisotopic (exact) mass is 426 g/mol. The first kappa shape index (κ1) is 20.0. The highest BCUT2D eigenvalue weighted by Gasteiger charge is 2.35. The van der Waals surface area contributed by atoms with Gasteiger partial charge in [-0.3, -0.25) is 10.0 Å². The number of aromatic amines is 1. The number of nitrogens with zero attached hydrogens (tertiary/aromatic N) is 6. The van der Waals surface area contributed by atoms with Crippen LogP contribution in [0.15, 0.2) is 77.3 Å². The van der Waals surface area contributed by atoms with Crippen molar-refractivity contribution in [2.45, 2.75) is 25.8 Å². The number of hydrazine groups is 1. The second-order valence-corrected chi connectivity index (χ2v) is 7.91. The third-order valence-corrected chi connectivity index (χ3v) is 5.98. The zero-order valence-corrected chi connectivity index (χ0v) is 18.4. The highest BCUT2D eigenvalue weighted by Crippen LogP contribution is 2.32. The lowest BCUT2D eigenvalue weighted by molar-refractivity contribution is 0.0701. The van der Waals surface area contributed by atoms with E-state index in [-0.39, 0.29) is 6.04 Å². The molecule has 2 aliphatic heterocycles. The fraction of sp³-hybridized carbons (Fsp3) is 0.250. The van der Waals surface area contributed by atoms with Crippen LogP contribution in [0.25, 0.3) is 22.5 Å². The molecule has 1 atom stereocenters. The van der Waals surface area contributed by atoms with Gasteiger partial charge in [-0.1, -0.05) is 55.5 Å². The number of hydrogen-bond donors (Lipinski definition) is 2. The molecule has 3 heterocycles. The van der Waals surface area contributed by atoms with Crippen molar-refractivity contribution in [1.29, 1.82) is 0 Å². The molecule has 1 unspecified atom stereocenters. The minimum absolute atomic E-state index is 0.211. The predicted molar refractivity (Wildman–Crippen MR) is 125 cm³/mol. The number of H-pyrrole nitrogens is 1. The van der Waals surface area contributed by atoms with Gasteiger partial charge in [-0.05, 0) is 28.3 Å². The van der Waals surface area contributed by atoms with Crippen LogP contribution < -0.4 is 5.32 Å². The molecule has 0 saturated carbocycles. The van der Waals surface area contributed by atoms with E-state index in [1.807, 2.05) is 25.2 Å². The fourth-order valence-electron chi connectivity index (χ4n) is 4.40. The van der Waals surface area contributed by atoms with Crippen molar-refractivity contribution in [3.8, 4) is 22.5 Å². The van der Waals surface area contributed by atoms with Crippen molar-refractivity contribution >= 4 is 5.71 Å². The summed E-state index contributed by atoms with van der Waals surface area (Å²) in [7, 11) is 4.01. The zero-order valence-electron chi connectivity index (χ0n) is 18.4. The average Bonchev–Trinajstić information content (AvgIpc) is 3.48. The summed E-state index contributed by atoms with van der Waals surface area (Å²) in [6, 6.07) is 17.1. The minimum atomic E-state index is 0.211. The van der Waals surface area contributed by atoms with Crippen LogP contribution in [-0.4, -0.2) is 56.5 Å². The maximum atomic E-state index is 4.92. The van der Waals surface area contributed by atoms with Crippen LogP contribution in [0.1, 0.15) is 18.9 Å². The normalized spacial score (nSPS) is 17.6. The Morgan fingerprint density at radius 1 is 1.06 bits per heavy atom. The van der Waals surface area contributed by atoms with Crippen molar-refractivity contribution < 1.29 is 0 Å². The Morgan fingerprint density at radius 3 is 2.53 bits per heavy atom. The van der Waals surface area contributed by atoms with Gasteiger partial charge in [0.15, 0.2) is 0 Å². The molecule has 162 valence electrons. The van der Waals surface area contributed by atoms with Crippen LogP contribution in [0.2, 0.25) is 0 Å². The SMILES string of the molecule is CCC1=NC2=CC(NC)=CN(C)N2C1Cc1ccc(-c2ccccc2-c2nn[nH]n2)cc1. The molecule has 8 nitrogen and oxygen atoms in total. The van der Waals surface area contributed by atoms with Gasteiger partial charge in [0.2, 0.25) is 5.82 Å². The van der Waals surface area contributed by atoms with Gasteiger partial charge in [0.25, 0.3) is 0 Å². The van der Waals surface area contributed by atoms with Gasteiger partial charge in [0.05, 0.1) is 11.7 Å². The molecule has 0 aliphatic carbocycles. The van der Waals surface area contributed by atoms with E-state index in [0.717, 1.165) is 41.1 Å². The molecule has 5 rings (SSSR count). The van der Waals surface area contributed by atoms with Gasteiger partial charge in [-0.25, -0.2) is 4.99 Å². The van der Waals surface area contributed by atoms with E-state index in [1.54, 1.807) is 0 Å². The summed E-state index contributed by atoms with van der Waals surface area (Å²) in [5.41, 5.74) is 6.71. The second-order valence-electron chi connectivity index (χ2n) is 7.91. The van der Waals surface area contributed by atoms with Crippen molar-refractivity contribution in [3.05, 3.63) is 77.9 Å². The molecule has 32 heavy (non-hydrogen) atoms. The van der Waals surface area contributed by atoms with Crippen LogP contribution in [0, 0.1) is 0 Å². The van der Waals surface area contributed by atoms with Gasteiger partial charge in [-0.2, -0.15) is 5.21 Å². The largest absolute Gasteiger partial charge is 0.387 e. The van der Waals surface area contributed by atoms with Crippen molar-refractivity contribution in [2.75, 3.05) is 14.1 Å². The van der Waals surface area contributed by atoms with E-state index in [1.165, 1.54) is 11.3 Å². The Morgan fingerprint density at radius 2 is 1.84 bits per heavy atom. The van der Waals surface area contributed by atoms with Crippen molar-refractivity contribution in [2.24, 2.45) is 4.99 Å². The molecule has 0 amide bonds. The predicted octanol–water partition coefficient (Wildman–Crippen LogP) is 3.37. The molecule has 0 bridgehead atoms. The number of aliphatic imine (C=N–C) groups is 1. The topological polar surface area (TPSA) is 85.3 Å². The standard InChI is InChI=1S/C24H26N8/c1-4-21-22(32-23(26-21)14-18(25-2)15-31(32)3)13-16-9-11-17(12-10-16)19-7-5-6-8-20(19)24-27-29-30-28-24/h5-12,14-15,22,25H,4,13H2,1-3H3,(H,27,28,29,30). The van der Waals surface area contributed by atoms with E-state index < -0.39 is 0 Å². The molecule has 0 radical (unpaired) electrons. The Kier molecular flexibility index (Phi) is 5.18. The second kappa shape index (κ2) is 8.30. The molecule has 2 N–H and O–H groups in total. The number of aromatic nitrogens is 4. The Bertz CT molecular complexity index is 1190. The third kappa shape index (κ3) is 3.53. The van der Waals surface area contributed by atoms with Gasteiger partial charge in [0.1, 0.15) is 5.82 Å². The Balaban J connectivity index is 1.40. The van der Waals surface area contributed by atoms with E-state index >= 15 is 0 Å². The summed E-state index contributed by atoms with van der Waals surface area (Å²) in [6.45, 7) is 2.18. The number of tetrazole rings is 1. The van der Waals surface area contributed by atoms with Crippen LogP contribution in [-0.2, 0) is 6.42 Å². The lowest BCUT2D eigenvalue weighted by atomic mass is 9.95. The number of hydrogen-bond acceptors (Lipinski definition) is 7. The highest BCUT2D eigenvalue weighted by molar-refractivity contribution is 5.92. The first-order valence-corrected chi connectivity index (χ1v) is 10.8. The zero-order chi connectivity index (χ0) is 22.1. The number of fused-ring (bicyclic) bond motifs is 1. The molecule has 2 aromatic carbocycles. The number of allylic oxidation sites excluding steroid dienone is 1. The molecule has 0 fully saturated rings. The third-order valence-electron chi connectivity index (χ3n) is 5.98. The van der Waals surface area contributed by atoms with E-state index in [9.17, 15) is 0 Å². The lowest BCUT2D eigenvalue weighted by Crippen LogP contribution is -2.45. The van der Waals surface area contributed by atoms with Crippen molar-refractivity contribution in [1.82, 2.24) is 36.0 Å². The Labute approximate surface area is 187 Å². The summed E-state index contributed by atoms with van der Waals surface area (Å²) in [5.74, 6) is 1.59. The average molecular weight is 427 g/mol. The number of rotatable bonds is 6. The van der Waals surface area contributed by atoms with E-state index in [2.05, 4.69) is 92.5 Å². The summed E-state index contributed by atoms with van der Waals surface area (Å²) < 4.78 is 0. The van der Waals surface area contributed by atoms with Crippen LogP contribution in [0.5, 0.6) is 0 Å². The van der Waals surface area contributed by atoms with Crippen LogP contribution in [0.3, 0.4) is 0 Å². The Hall–Kier alpha value is -3.94. The van der Waals surface area contributed by atoms with Crippen molar-refractivity contribution in [3.63, 3.8) is 0 Å². The lowest BCUT2D eigenvalue weighted by Gasteiger charge is -2.37. The summed E-state index contributed by atoms with van der Waals surface area (Å²) in [4.78, 5) is 4.92. The van der Waals surface area contributed by atoms with Gasteiger partial charge in [-0.15, -0.1) is 10.2 Å². The quantitative estimate of drug-likeness (QED) is 0.629. The molecule has 8 heteroatoms. The van der Waals surface area contributed by atoms with Gasteiger partial charge < -0.3 is 5.32 Å². The fourth-order valence-corrected chi connectivity index (χ4v) is 4.40. The van der Waals surface area contributed by atoms with Gasteiger partial charge in [0, 0.05) is 44.1 Å². The highest BCUT2D eigenvalue weighted by atomic mass is 15.7. The molecular weight excluding hydrogens is 400 g/mol. The van der Waals surface area contributed by atoms with Crippen LogP contribution in [0.4, 0.5) is 0 Å². The number of likely N-dealkylation sites (N-methyl/N-ethyl adjacent to an activating group) is 1. The maximum absolute atomic E-state index is 4.92. The van der Waals surface area contributed by atoms with E-state index in [0.29, 0.717) is 5.82 Å². The summed E-state index contributed by atoms with van der Waals surface area (Å²) in [5, 5.41) is 22.2. The molecule has 2 aliphatic rings. The smallest absolute Gasteiger partial charge is 0.205 e. The molecule has 3 aromatic rings. The first-order chi connectivity index (χ1) is 15.7. The molecule has 0 spiro atoms. The number of nitrogens with one attached hydrogen (secondary N) is 2. The summed E-state index contributed by atoms with van der Waals surface area (Å²) in [6.07, 6.45) is 6.03.